The average molecular weight is 259 g/mol. The van der Waals surface area contributed by atoms with Crippen LogP contribution in [-0.2, 0) is 14.3 Å². The predicted octanol–water partition coefficient (Wildman–Crippen LogP) is -0.179. The Morgan fingerprint density at radius 2 is 2.12 bits per heavy atom. The molecule has 0 saturated carbocycles. The standard InChI is InChI=1S/C10H17N3O3S/c1-3-4-11-9(17)13-12-8(14)7-10(2)15-5-6-16-10/h3H,1,4-7H2,2H3,(H,12,14)(H2,11,13,17). The summed E-state index contributed by atoms with van der Waals surface area (Å²) < 4.78 is 10.6. The maximum atomic E-state index is 11.5. The molecule has 1 saturated heterocycles. The van der Waals surface area contributed by atoms with Crippen LogP contribution >= 0.6 is 12.2 Å². The molecule has 1 aliphatic heterocycles. The van der Waals surface area contributed by atoms with Crippen molar-refractivity contribution in [3.8, 4) is 0 Å². The van der Waals surface area contributed by atoms with Gasteiger partial charge < -0.3 is 14.8 Å². The van der Waals surface area contributed by atoms with E-state index < -0.39 is 5.79 Å². The van der Waals surface area contributed by atoms with Crippen LogP contribution in [0, 0.1) is 0 Å². The number of hydrazine groups is 1. The van der Waals surface area contributed by atoms with Gasteiger partial charge in [0.15, 0.2) is 10.9 Å². The summed E-state index contributed by atoms with van der Waals surface area (Å²) in [6.07, 6.45) is 1.78. The first kappa shape index (κ1) is 13.9. The largest absolute Gasteiger partial charge is 0.358 e. The molecule has 1 rings (SSSR count). The quantitative estimate of drug-likeness (QED) is 0.370. The summed E-state index contributed by atoms with van der Waals surface area (Å²) in [5.41, 5.74) is 5.03. The molecule has 0 bridgehead atoms. The molecule has 17 heavy (non-hydrogen) atoms. The number of ether oxygens (including phenoxy) is 2. The fourth-order valence-electron chi connectivity index (χ4n) is 1.33. The molecule has 6 nitrogen and oxygen atoms in total. The van der Waals surface area contributed by atoms with Crippen molar-refractivity contribution < 1.29 is 14.3 Å². The van der Waals surface area contributed by atoms with Crippen LogP contribution in [0.15, 0.2) is 12.7 Å². The SMILES string of the molecule is C=CCNC(=S)NNC(=O)CC1(C)OCCO1. The minimum Gasteiger partial charge on any atom is -0.358 e. The third-order valence-corrected chi connectivity index (χ3v) is 2.35. The number of carbonyl (C=O) groups is 1. The van der Waals surface area contributed by atoms with E-state index in [0.29, 0.717) is 24.9 Å². The van der Waals surface area contributed by atoms with Crippen LogP contribution in [0.3, 0.4) is 0 Å². The van der Waals surface area contributed by atoms with Gasteiger partial charge in [-0.3, -0.25) is 15.6 Å². The minimum atomic E-state index is -0.831. The normalized spacial score (nSPS) is 17.2. The second-order valence-electron chi connectivity index (χ2n) is 3.68. The van der Waals surface area contributed by atoms with E-state index in [0.717, 1.165) is 0 Å². The van der Waals surface area contributed by atoms with Crippen LogP contribution < -0.4 is 16.2 Å². The summed E-state index contributed by atoms with van der Waals surface area (Å²) in [5, 5.41) is 3.15. The smallest absolute Gasteiger partial charge is 0.243 e. The van der Waals surface area contributed by atoms with Gasteiger partial charge in [0, 0.05) is 6.54 Å². The maximum Gasteiger partial charge on any atom is 0.243 e. The van der Waals surface area contributed by atoms with E-state index >= 15 is 0 Å². The maximum absolute atomic E-state index is 11.5. The van der Waals surface area contributed by atoms with Crippen LogP contribution in [0.4, 0.5) is 0 Å². The highest BCUT2D eigenvalue weighted by atomic mass is 32.1. The van der Waals surface area contributed by atoms with Crippen LogP contribution in [0.1, 0.15) is 13.3 Å². The van der Waals surface area contributed by atoms with Gasteiger partial charge in [0.2, 0.25) is 5.91 Å². The number of thiocarbonyl (C=S) groups is 1. The first-order chi connectivity index (χ1) is 8.06. The lowest BCUT2D eigenvalue weighted by Gasteiger charge is -2.21. The van der Waals surface area contributed by atoms with Gasteiger partial charge in [-0.15, -0.1) is 6.58 Å². The first-order valence-corrected chi connectivity index (χ1v) is 5.68. The molecule has 0 aromatic rings. The van der Waals surface area contributed by atoms with E-state index in [2.05, 4.69) is 22.7 Å². The summed E-state index contributed by atoms with van der Waals surface area (Å²) in [5.74, 6) is -1.08. The molecule has 1 fully saturated rings. The molecule has 1 amide bonds. The molecule has 96 valence electrons. The van der Waals surface area contributed by atoms with Gasteiger partial charge in [0.05, 0.1) is 19.6 Å². The number of rotatable bonds is 4. The third-order valence-electron chi connectivity index (χ3n) is 2.10. The van der Waals surface area contributed by atoms with E-state index in [1.54, 1.807) is 13.0 Å². The van der Waals surface area contributed by atoms with E-state index in [-0.39, 0.29) is 12.3 Å². The molecule has 0 aliphatic carbocycles. The second kappa shape index (κ2) is 6.53. The zero-order valence-electron chi connectivity index (χ0n) is 9.75. The fourth-order valence-corrected chi connectivity index (χ4v) is 1.46. The number of hydrogen-bond donors (Lipinski definition) is 3. The van der Waals surface area contributed by atoms with Gasteiger partial charge in [-0.05, 0) is 19.1 Å². The summed E-state index contributed by atoms with van der Waals surface area (Å²) in [4.78, 5) is 11.5. The molecular formula is C10H17N3O3S. The zero-order valence-corrected chi connectivity index (χ0v) is 10.6. The van der Waals surface area contributed by atoms with Crippen molar-refractivity contribution in [2.75, 3.05) is 19.8 Å². The van der Waals surface area contributed by atoms with E-state index in [1.165, 1.54) is 0 Å². The van der Waals surface area contributed by atoms with Gasteiger partial charge in [0.25, 0.3) is 0 Å². The number of hydrogen-bond acceptors (Lipinski definition) is 4. The minimum absolute atomic E-state index is 0.115. The lowest BCUT2D eigenvalue weighted by atomic mass is 10.2. The highest BCUT2D eigenvalue weighted by molar-refractivity contribution is 7.80. The lowest BCUT2D eigenvalue weighted by molar-refractivity contribution is -0.160. The molecular weight excluding hydrogens is 242 g/mol. The van der Waals surface area contributed by atoms with Crippen molar-refractivity contribution in [2.24, 2.45) is 0 Å². The predicted molar refractivity (Wildman–Crippen MR) is 67.0 cm³/mol. The van der Waals surface area contributed by atoms with Gasteiger partial charge in [-0.2, -0.15) is 0 Å². The zero-order chi connectivity index (χ0) is 12.7. The van der Waals surface area contributed by atoms with E-state index in [1.807, 2.05) is 0 Å². The lowest BCUT2D eigenvalue weighted by Crippen LogP contribution is -2.48. The Labute approximate surface area is 106 Å². The van der Waals surface area contributed by atoms with Crippen molar-refractivity contribution in [1.82, 2.24) is 16.2 Å². The van der Waals surface area contributed by atoms with Crippen molar-refractivity contribution in [3.05, 3.63) is 12.7 Å². The second-order valence-corrected chi connectivity index (χ2v) is 4.09. The van der Waals surface area contributed by atoms with Gasteiger partial charge in [0.1, 0.15) is 0 Å². The Morgan fingerprint density at radius 3 is 2.71 bits per heavy atom. The molecule has 0 radical (unpaired) electrons. The van der Waals surface area contributed by atoms with E-state index in [4.69, 9.17) is 21.7 Å². The van der Waals surface area contributed by atoms with Crippen molar-refractivity contribution in [1.29, 1.82) is 0 Å². The number of amides is 1. The Morgan fingerprint density at radius 1 is 1.47 bits per heavy atom. The van der Waals surface area contributed by atoms with Crippen LogP contribution in [-0.4, -0.2) is 36.6 Å². The van der Waals surface area contributed by atoms with Crippen LogP contribution in [0.2, 0.25) is 0 Å². The molecule has 0 aromatic heterocycles. The average Bonchev–Trinajstić information content (AvgIpc) is 2.70. The van der Waals surface area contributed by atoms with Crippen molar-refractivity contribution >= 4 is 23.2 Å². The Bertz CT molecular complexity index is 303. The summed E-state index contributed by atoms with van der Waals surface area (Å²) in [6.45, 7) is 6.82. The first-order valence-electron chi connectivity index (χ1n) is 5.27. The van der Waals surface area contributed by atoms with Crippen LogP contribution in [0.25, 0.3) is 0 Å². The Hall–Kier alpha value is -1.18. The molecule has 0 unspecified atom stereocenters. The molecule has 3 N–H and O–H groups in total. The Kier molecular flexibility index (Phi) is 5.33. The summed E-state index contributed by atoms with van der Waals surface area (Å²) >= 11 is 4.90. The fraction of sp³-hybridized carbons (Fsp3) is 0.600. The molecule has 0 atom stereocenters. The highest BCUT2D eigenvalue weighted by Crippen LogP contribution is 2.21. The highest BCUT2D eigenvalue weighted by Gasteiger charge is 2.33. The molecule has 0 aromatic carbocycles. The topological polar surface area (TPSA) is 71.6 Å². The van der Waals surface area contributed by atoms with Crippen molar-refractivity contribution in [3.63, 3.8) is 0 Å². The molecule has 0 spiro atoms. The number of nitrogens with one attached hydrogen (secondary N) is 3. The third kappa shape index (κ3) is 5.12. The molecule has 1 aliphatic rings. The summed E-state index contributed by atoms with van der Waals surface area (Å²) in [6, 6.07) is 0. The van der Waals surface area contributed by atoms with Gasteiger partial charge in [-0.1, -0.05) is 6.08 Å². The summed E-state index contributed by atoms with van der Waals surface area (Å²) in [7, 11) is 0. The van der Waals surface area contributed by atoms with Crippen LogP contribution in [0.5, 0.6) is 0 Å². The molecule has 7 heteroatoms. The van der Waals surface area contributed by atoms with E-state index in [9.17, 15) is 4.79 Å². The number of carbonyl (C=O) groups excluding carboxylic acids is 1. The Balaban J connectivity index is 2.20. The van der Waals surface area contributed by atoms with Crippen molar-refractivity contribution in [2.45, 2.75) is 19.1 Å². The molecule has 1 heterocycles. The monoisotopic (exact) mass is 259 g/mol. The van der Waals surface area contributed by atoms with Gasteiger partial charge >= 0.3 is 0 Å². The van der Waals surface area contributed by atoms with Gasteiger partial charge in [-0.25, -0.2) is 0 Å².